The first-order chi connectivity index (χ1) is 6.51. The Morgan fingerprint density at radius 3 is 2.50 bits per heavy atom. The highest BCUT2D eigenvalue weighted by Crippen LogP contribution is 2.49. The van der Waals surface area contributed by atoms with Gasteiger partial charge in [0, 0.05) is 5.54 Å². The molecule has 1 nitrogen and oxygen atoms in total. The third-order valence-corrected chi connectivity index (χ3v) is 4.19. The summed E-state index contributed by atoms with van der Waals surface area (Å²) in [6.07, 6.45) is 2.25. The minimum Gasteiger partial charge on any atom is -0.321 e. The van der Waals surface area contributed by atoms with Gasteiger partial charge in [-0.05, 0) is 36.3 Å². The second-order valence-corrected chi connectivity index (χ2v) is 4.95. The molecule has 1 aliphatic rings. The van der Waals surface area contributed by atoms with Crippen LogP contribution in [0, 0.1) is 5.41 Å². The summed E-state index contributed by atoms with van der Waals surface area (Å²) in [5.41, 5.74) is 9.30. The molecule has 0 radical (unpaired) electrons. The van der Waals surface area contributed by atoms with Crippen molar-refractivity contribution >= 4 is 0 Å². The topological polar surface area (TPSA) is 26.0 Å². The molecule has 0 saturated heterocycles. The van der Waals surface area contributed by atoms with Crippen LogP contribution in [0.25, 0.3) is 0 Å². The van der Waals surface area contributed by atoms with E-state index in [2.05, 4.69) is 45.0 Å². The van der Waals surface area contributed by atoms with Crippen LogP contribution in [0.1, 0.15) is 38.3 Å². The molecule has 2 rings (SSSR count). The smallest absolute Gasteiger partial charge is 0.0441 e. The van der Waals surface area contributed by atoms with Gasteiger partial charge >= 0.3 is 0 Å². The highest BCUT2D eigenvalue weighted by atomic mass is 14.8. The fourth-order valence-corrected chi connectivity index (χ4v) is 2.60. The van der Waals surface area contributed by atoms with Crippen molar-refractivity contribution in [3.63, 3.8) is 0 Å². The Bertz CT molecular complexity index is 354. The Balaban J connectivity index is 2.56. The zero-order valence-corrected chi connectivity index (χ0v) is 9.30. The molecule has 2 N–H and O–H groups in total. The van der Waals surface area contributed by atoms with E-state index in [1.54, 1.807) is 0 Å². The van der Waals surface area contributed by atoms with Gasteiger partial charge in [-0.3, -0.25) is 0 Å². The van der Waals surface area contributed by atoms with E-state index < -0.39 is 0 Å². The maximum Gasteiger partial charge on any atom is 0.0441 e. The molecule has 1 aliphatic carbocycles. The van der Waals surface area contributed by atoms with Gasteiger partial charge in [0.2, 0.25) is 0 Å². The maximum absolute atomic E-state index is 6.48. The normalized spacial score (nSPS) is 35.7. The molecule has 0 unspecified atom stereocenters. The maximum atomic E-state index is 6.48. The molecule has 0 aliphatic heterocycles. The van der Waals surface area contributed by atoms with Gasteiger partial charge in [-0.15, -0.1) is 0 Å². The summed E-state index contributed by atoms with van der Waals surface area (Å²) in [7, 11) is 0. The molecule has 0 fully saturated rings. The van der Waals surface area contributed by atoms with E-state index in [4.69, 9.17) is 5.73 Å². The van der Waals surface area contributed by atoms with E-state index in [0.29, 0.717) is 0 Å². The van der Waals surface area contributed by atoms with Crippen LogP contribution < -0.4 is 5.73 Å². The molecule has 14 heavy (non-hydrogen) atoms. The summed E-state index contributed by atoms with van der Waals surface area (Å²) in [6.45, 7) is 6.70. The largest absolute Gasteiger partial charge is 0.321 e. The summed E-state index contributed by atoms with van der Waals surface area (Å²) >= 11 is 0. The van der Waals surface area contributed by atoms with Crippen molar-refractivity contribution in [3.05, 3.63) is 35.4 Å². The van der Waals surface area contributed by atoms with E-state index in [1.165, 1.54) is 11.1 Å². The summed E-state index contributed by atoms with van der Waals surface area (Å²) < 4.78 is 0. The quantitative estimate of drug-likeness (QED) is 0.722. The van der Waals surface area contributed by atoms with Crippen LogP contribution in [0.4, 0.5) is 0 Å². The number of rotatable bonds is 1. The first kappa shape index (κ1) is 9.72. The summed E-state index contributed by atoms with van der Waals surface area (Å²) in [5, 5.41) is 0. The van der Waals surface area contributed by atoms with E-state index in [0.717, 1.165) is 12.8 Å². The molecule has 76 valence electrons. The molecular weight excluding hydrogens is 170 g/mol. The highest BCUT2D eigenvalue weighted by molar-refractivity contribution is 5.41. The minimum atomic E-state index is -0.168. The van der Waals surface area contributed by atoms with Crippen molar-refractivity contribution in [2.45, 2.75) is 39.2 Å². The van der Waals surface area contributed by atoms with Gasteiger partial charge < -0.3 is 5.73 Å². The first-order valence-corrected chi connectivity index (χ1v) is 5.38. The monoisotopic (exact) mass is 189 g/mol. The summed E-state index contributed by atoms with van der Waals surface area (Å²) in [6, 6.07) is 8.58. The zero-order valence-electron chi connectivity index (χ0n) is 9.30. The van der Waals surface area contributed by atoms with Crippen LogP contribution in [-0.4, -0.2) is 0 Å². The van der Waals surface area contributed by atoms with E-state index >= 15 is 0 Å². The molecule has 0 heterocycles. The van der Waals surface area contributed by atoms with E-state index in [-0.39, 0.29) is 11.0 Å². The Morgan fingerprint density at radius 1 is 1.29 bits per heavy atom. The molecular formula is C13H19N. The van der Waals surface area contributed by atoms with Crippen molar-refractivity contribution in [1.29, 1.82) is 0 Å². The lowest BCUT2D eigenvalue weighted by Gasteiger charge is -2.38. The van der Waals surface area contributed by atoms with Crippen molar-refractivity contribution in [3.8, 4) is 0 Å². The molecule has 0 amide bonds. The molecule has 1 heteroatoms. The van der Waals surface area contributed by atoms with Crippen LogP contribution in [0.15, 0.2) is 24.3 Å². The molecule has 0 aromatic heterocycles. The molecule has 1 aromatic rings. The highest BCUT2D eigenvalue weighted by Gasteiger charge is 2.47. The van der Waals surface area contributed by atoms with Crippen LogP contribution in [0.5, 0.6) is 0 Å². The van der Waals surface area contributed by atoms with Crippen LogP contribution in [0.3, 0.4) is 0 Å². The molecule has 0 spiro atoms. The molecule has 2 atom stereocenters. The van der Waals surface area contributed by atoms with Gasteiger partial charge in [-0.25, -0.2) is 0 Å². The first-order valence-electron chi connectivity index (χ1n) is 5.38. The van der Waals surface area contributed by atoms with Crippen LogP contribution >= 0.6 is 0 Å². The Hall–Kier alpha value is -0.820. The number of fused-ring (bicyclic) bond motifs is 1. The standard InChI is InChI=1S/C13H19N/c1-4-12(2)9-10-7-5-6-8-11(10)13(12,3)14/h5-8H,4,9,14H2,1-3H3/t12-,13-/m1/s1. The Morgan fingerprint density at radius 2 is 1.93 bits per heavy atom. The van der Waals surface area contributed by atoms with Crippen LogP contribution in [-0.2, 0) is 12.0 Å². The van der Waals surface area contributed by atoms with Crippen molar-refractivity contribution in [2.24, 2.45) is 11.1 Å². The van der Waals surface area contributed by atoms with E-state index in [1.807, 2.05) is 0 Å². The van der Waals surface area contributed by atoms with Gasteiger partial charge in [-0.1, -0.05) is 38.1 Å². The second-order valence-electron chi connectivity index (χ2n) is 4.95. The number of hydrogen-bond donors (Lipinski definition) is 1. The molecule has 1 aromatic carbocycles. The van der Waals surface area contributed by atoms with Crippen LogP contribution in [0.2, 0.25) is 0 Å². The van der Waals surface area contributed by atoms with Crippen molar-refractivity contribution in [1.82, 2.24) is 0 Å². The van der Waals surface area contributed by atoms with Gasteiger partial charge in [0.1, 0.15) is 0 Å². The SMILES string of the molecule is CC[C@]1(C)Cc2ccccc2[C@@]1(C)N. The lowest BCUT2D eigenvalue weighted by molar-refractivity contribution is 0.175. The minimum absolute atomic E-state index is 0.168. The third kappa shape index (κ3) is 1.05. The third-order valence-electron chi connectivity index (χ3n) is 4.19. The van der Waals surface area contributed by atoms with Gasteiger partial charge in [0.15, 0.2) is 0 Å². The second kappa shape index (κ2) is 2.83. The Kier molecular flexibility index (Phi) is 1.97. The van der Waals surface area contributed by atoms with Gasteiger partial charge in [0.05, 0.1) is 0 Å². The van der Waals surface area contributed by atoms with Gasteiger partial charge in [-0.2, -0.15) is 0 Å². The predicted octanol–water partition coefficient (Wildman–Crippen LogP) is 2.83. The average molecular weight is 189 g/mol. The van der Waals surface area contributed by atoms with Crippen molar-refractivity contribution < 1.29 is 0 Å². The number of nitrogens with two attached hydrogens (primary N) is 1. The van der Waals surface area contributed by atoms with Crippen molar-refractivity contribution in [2.75, 3.05) is 0 Å². The lowest BCUT2D eigenvalue weighted by Crippen LogP contribution is -2.45. The molecule has 0 saturated carbocycles. The predicted molar refractivity (Wildman–Crippen MR) is 60.1 cm³/mol. The summed E-state index contributed by atoms with van der Waals surface area (Å²) in [5.74, 6) is 0. The molecule has 0 bridgehead atoms. The number of hydrogen-bond acceptors (Lipinski definition) is 1. The Labute approximate surface area is 86.3 Å². The fourth-order valence-electron chi connectivity index (χ4n) is 2.60. The van der Waals surface area contributed by atoms with E-state index in [9.17, 15) is 0 Å². The zero-order chi connectivity index (χ0) is 10.4. The fraction of sp³-hybridized carbons (Fsp3) is 0.538. The average Bonchev–Trinajstić information content (AvgIpc) is 2.37. The van der Waals surface area contributed by atoms with Gasteiger partial charge in [0.25, 0.3) is 0 Å². The number of benzene rings is 1. The lowest BCUT2D eigenvalue weighted by atomic mass is 9.71. The summed E-state index contributed by atoms with van der Waals surface area (Å²) in [4.78, 5) is 0.